The van der Waals surface area contributed by atoms with Crippen molar-refractivity contribution in [1.82, 2.24) is 4.98 Å². The Morgan fingerprint density at radius 2 is 1.73 bits per heavy atom. The maximum absolute atomic E-state index is 14.2. The number of carbonyl (C=O) groups is 3. The number of anilines is 1. The lowest BCUT2D eigenvalue weighted by atomic mass is 9.64. The second-order valence-corrected chi connectivity index (χ2v) is 9.17. The SMILES string of the molecule is CC(=O)C1C(c2cccnc2)C2(C(=O)c3ccccc3C2=O)C2C=Cc3ccc(C)cc3N12. The number of pyridine rings is 1. The number of ketones is 3. The van der Waals surface area contributed by atoms with Gasteiger partial charge in [-0.05, 0) is 42.7 Å². The third-order valence-corrected chi connectivity index (χ3v) is 7.42. The van der Waals surface area contributed by atoms with E-state index in [2.05, 4.69) is 4.98 Å². The molecule has 5 heteroatoms. The Morgan fingerprint density at radius 1 is 1.00 bits per heavy atom. The molecule has 6 rings (SSSR count). The Hall–Kier alpha value is -3.86. The van der Waals surface area contributed by atoms with Crippen LogP contribution in [0.2, 0.25) is 0 Å². The van der Waals surface area contributed by atoms with Crippen molar-refractivity contribution in [3.8, 4) is 0 Å². The highest BCUT2D eigenvalue weighted by atomic mass is 16.2. The molecular formula is C28H22N2O3. The summed E-state index contributed by atoms with van der Waals surface area (Å²) in [5, 5.41) is 0. The van der Waals surface area contributed by atoms with Crippen LogP contribution in [0.5, 0.6) is 0 Å². The Labute approximate surface area is 191 Å². The molecule has 3 heterocycles. The second-order valence-electron chi connectivity index (χ2n) is 9.17. The van der Waals surface area contributed by atoms with Gasteiger partial charge in [-0.15, -0.1) is 0 Å². The summed E-state index contributed by atoms with van der Waals surface area (Å²) in [5.41, 5.74) is 3.07. The molecule has 2 aliphatic heterocycles. The summed E-state index contributed by atoms with van der Waals surface area (Å²) >= 11 is 0. The molecule has 1 aliphatic carbocycles. The molecule has 33 heavy (non-hydrogen) atoms. The monoisotopic (exact) mass is 434 g/mol. The number of Topliss-reactive ketones (excluding diaryl/α,β-unsaturated/α-hetero) is 3. The molecule has 3 unspecified atom stereocenters. The van der Waals surface area contributed by atoms with Gasteiger partial charge in [0.05, 0.1) is 12.1 Å². The first-order valence-corrected chi connectivity index (χ1v) is 11.1. The molecule has 5 nitrogen and oxygen atoms in total. The minimum atomic E-state index is -1.43. The van der Waals surface area contributed by atoms with Crippen LogP contribution in [0.4, 0.5) is 5.69 Å². The zero-order valence-corrected chi connectivity index (χ0v) is 18.4. The zero-order valence-electron chi connectivity index (χ0n) is 18.4. The molecule has 1 aromatic heterocycles. The van der Waals surface area contributed by atoms with E-state index in [1.807, 2.05) is 48.2 Å². The lowest BCUT2D eigenvalue weighted by Gasteiger charge is -2.37. The van der Waals surface area contributed by atoms with Gasteiger partial charge < -0.3 is 4.90 Å². The van der Waals surface area contributed by atoms with Crippen molar-refractivity contribution in [1.29, 1.82) is 0 Å². The molecule has 1 spiro atoms. The van der Waals surface area contributed by atoms with Crippen molar-refractivity contribution in [3.63, 3.8) is 0 Å². The van der Waals surface area contributed by atoms with Gasteiger partial charge in [0.1, 0.15) is 5.41 Å². The number of hydrogen-bond donors (Lipinski definition) is 0. The molecule has 0 bridgehead atoms. The van der Waals surface area contributed by atoms with E-state index in [-0.39, 0.29) is 17.3 Å². The highest BCUT2D eigenvalue weighted by Crippen LogP contribution is 2.60. The number of rotatable bonds is 2. The third-order valence-electron chi connectivity index (χ3n) is 7.42. The molecule has 3 atom stereocenters. The summed E-state index contributed by atoms with van der Waals surface area (Å²) in [6, 6.07) is 15.5. The van der Waals surface area contributed by atoms with E-state index in [9.17, 15) is 14.4 Å². The van der Waals surface area contributed by atoms with Crippen LogP contribution in [-0.2, 0) is 4.79 Å². The van der Waals surface area contributed by atoms with E-state index >= 15 is 0 Å². The molecule has 1 saturated heterocycles. The summed E-state index contributed by atoms with van der Waals surface area (Å²) in [4.78, 5) is 48.0. The molecule has 3 aromatic rings. The largest absolute Gasteiger partial charge is 0.352 e. The topological polar surface area (TPSA) is 67.3 Å². The standard InChI is InChI=1S/C28H22N2O3/c1-16-9-10-18-11-12-23-28(26(32)20-7-3-4-8-21(20)27(28)33)24(19-6-5-13-29-15-19)25(17(2)31)30(23)22(18)14-16/h3-15,23-25H,1-2H3. The molecule has 0 amide bonds. The number of benzene rings is 2. The van der Waals surface area contributed by atoms with Crippen molar-refractivity contribution in [2.45, 2.75) is 31.8 Å². The molecule has 162 valence electrons. The zero-order chi connectivity index (χ0) is 22.9. The highest BCUT2D eigenvalue weighted by Gasteiger charge is 2.71. The first-order chi connectivity index (χ1) is 16.0. The summed E-state index contributed by atoms with van der Waals surface area (Å²) in [6.45, 7) is 3.55. The van der Waals surface area contributed by atoms with Crippen molar-refractivity contribution in [3.05, 3.63) is 101 Å². The van der Waals surface area contributed by atoms with Crippen LogP contribution < -0.4 is 4.90 Å². The van der Waals surface area contributed by atoms with E-state index < -0.39 is 23.4 Å². The lowest BCUT2D eigenvalue weighted by Crippen LogP contribution is -2.48. The van der Waals surface area contributed by atoms with Crippen LogP contribution in [-0.4, -0.2) is 34.4 Å². The van der Waals surface area contributed by atoms with Gasteiger partial charge in [-0.25, -0.2) is 0 Å². The highest BCUT2D eigenvalue weighted by molar-refractivity contribution is 6.32. The fourth-order valence-corrected chi connectivity index (χ4v) is 6.16. The van der Waals surface area contributed by atoms with Gasteiger partial charge in [-0.1, -0.05) is 54.6 Å². The van der Waals surface area contributed by atoms with Crippen LogP contribution in [0, 0.1) is 12.3 Å². The Balaban J connectivity index is 1.69. The number of hydrogen-bond acceptors (Lipinski definition) is 5. The summed E-state index contributed by atoms with van der Waals surface area (Å²) in [7, 11) is 0. The summed E-state index contributed by atoms with van der Waals surface area (Å²) in [5.74, 6) is -1.16. The maximum Gasteiger partial charge on any atom is 0.180 e. The van der Waals surface area contributed by atoms with Crippen LogP contribution in [0.15, 0.2) is 73.1 Å². The van der Waals surface area contributed by atoms with Crippen molar-refractivity contribution < 1.29 is 14.4 Å². The number of aromatic nitrogens is 1. The van der Waals surface area contributed by atoms with E-state index in [0.29, 0.717) is 11.1 Å². The van der Waals surface area contributed by atoms with Gasteiger partial charge in [0, 0.05) is 35.1 Å². The Kier molecular flexibility index (Phi) is 4.09. The first-order valence-electron chi connectivity index (χ1n) is 11.1. The molecular weight excluding hydrogens is 412 g/mol. The van der Waals surface area contributed by atoms with Crippen LogP contribution in [0.25, 0.3) is 6.08 Å². The molecule has 3 aliphatic rings. The van der Waals surface area contributed by atoms with E-state index in [1.54, 1.807) is 49.6 Å². The Morgan fingerprint density at radius 3 is 2.36 bits per heavy atom. The van der Waals surface area contributed by atoms with Gasteiger partial charge in [0.2, 0.25) is 0 Å². The van der Waals surface area contributed by atoms with Gasteiger partial charge in [0.15, 0.2) is 17.3 Å². The van der Waals surface area contributed by atoms with Gasteiger partial charge in [-0.2, -0.15) is 0 Å². The smallest absolute Gasteiger partial charge is 0.180 e. The molecule has 0 radical (unpaired) electrons. The average molecular weight is 434 g/mol. The fourth-order valence-electron chi connectivity index (χ4n) is 6.16. The normalized spacial score (nSPS) is 24.1. The summed E-state index contributed by atoms with van der Waals surface area (Å²) in [6.07, 6.45) is 7.26. The second kappa shape index (κ2) is 6.82. The fraction of sp³-hybridized carbons (Fsp3) is 0.214. The van der Waals surface area contributed by atoms with E-state index in [1.165, 1.54) is 0 Å². The summed E-state index contributed by atoms with van der Waals surface area (Å²) < 4.78 is 0. The first kappa shape index (κ1) is 19.8. The predicted octanol–water partition coefficient (Wildman–Crippen LogP) is 4.41. The van der Waals surface area contributed by atoms with Crippen LogP contribution in [0.1, 0.15) is 50.2 Å². The molecule has 0 N–H and O–H groups in total. The van der Waals surface area contributed by atoms with Gasteiger partial charge in [-0.3, -0.25) is 19.4 Å². The number of nitrogens with zero attached hydrogens (tertiary/aromatic N) is 2. The van der Waals surface area contributed by atoms with Gasteiger partial charge >= 0.3 is 0 Å². The van der Waals surface area contributed by atoms with Gasteiger partial charge in [0.25, 0.3) is 0 Å². The quantitative estimate of drug-likeness (QED) is 0.559. The minimum absolute atomic E-state index is 0.0787. The average Bonchev–Trinajstić information content (AvgIpc) is 3.27. The predicted molar refractivity (Wildman–Crippen MR) is 125 cm³/mol. The Bertz CT molecular complexity index is 1340. The minimum Gasteiger partial charge on any atom is -0.352 e. The number of aryl methyl sites for hydroxylation is 1. The third kappa shape index (κ3) is 2.42. The number of carbonyl (C=O) groups excluding carboxylic acids is 3. The maximum atomic E-state index is 14.2. The van der Waals surface area contributed by atoms with Crippen molar-refractivity contribution >= 4 is 29.1 Å². The molecule has 0 saturated carbocycles. The molecule has 2 aromatic carbocycles. The van der Waals surface area contributed by atoms with Crippen molar-refractivity contribution in [2.24, 2.45) is 5.41 Å². The lowest BCUT2D eigenvalue weighted by molar-refractivity contribution is -0.118. The van der Waals surface area contributed by atoms with Crippen molar-refractivity contribution in [2.75, 3.05) is 4.90 Å². The molecule has 1 fully saturated rings. The van der Waals surface area contributed by atoms with E-state index in [0.717, 1.165) is 22.4 Å². The van der Waals surface area contributed by atoms with Crippen LogP contribution >= 0.6 is 0 Å². The van der Waals surface area contributed by atoms with Crippen LogP contribution in [0.3, 0.4) is 0 Å². The number of fused-ring (bicyclic) bond motifs is 5. The van der Waals surface area contributed by atoms with E-state index in [4.69, 9.17) is 0 Å².